The van der Waals surface area contributed by atoms with Crippen LogP contribution in [0.5, 0.6) is 0 Å². The van der Waals surface area contributed by atoms with Crippen LogP contribution in [0.25, 0.3) is 0 Å². The number of hydrogen-bond acceptors (Lipinski definition) is 19. The van der Waals surface area contributed by atoms with Crippen LogP contribution in [0, 0.1) is 23.2 Å². The van der Waals surface area contributed by atoms with Crippen molar-refractivity contribution >= 4 is 38.6 Å². The minimum atomic E-state index is -3.13. The third-order valence-electron chi connectivity index (χ3n) is 7.77. The number of nitrogens with two attached hydrogens (primary N) is 4. The molecule has 0 rings (SSSR count). The van der Waals surface area contributed by atoms with Gasteiger partial charge in [0.2, 0.25) is 5.91 Å². The van der Waals surface area contributed by atoms with Crippen LogP contribution < -0.4 is 28.9 Å². The summed E-state index contributed by atoms with van der Waals surface area (Å²) in [7, 11) is -3.13. The normalized spacial score (nSPS) is 15.5. The molecule has 0 spiro atoms. The first-order valence-corrected chi connectivity index (χ1v) is 17.2. The summed E-state index contributed by atoms with van der Waals surface area (Å²) < 4.78 is 17.5. The lowest BCUT2D eigenvalue weighted by molar-refractivity contribution is -0.334. The van der Waals surface area contributed by atoms with Gasteiger partial charge in [0.25, 0.3) is 0 Å². The van der Waals surface area contributed by atoms with Crippen molar-refractivity contribution in [2.24, 2.45) is 46.8 Å². The maximum atomic E-state index is 14.2. The summed E-state index contributed by atoms with van der Waals surface area (Å²) in [6.07, 6.45) is -2.91. The van der Waals surface area contributed by atoms with Crippen molar-refractivity contribution in [3.63, 3.8) is 0 Å². The number of carbonyl (C=O) groups excluding carboxylic acids is 5. The Morgan fingerprint density at radius 2 is 1.34 bits per heavy atom. The van der Waals surface area contributed by atoms with Gasteiger partial charge < -0.3 is 37.9 Å². The summed E-state index contributed by atoms with van der Waals surface area (Å²) in [5.74, 6) is 8.40. The maximum Gasteiger partial charge on any atom is 0.500 e. The van der Waals surface area contributed by atoms with Crippen LogP contribution in [-0.4, -0.2) is 94.4 Å². The number of amides is 1. The maximum absolute atomic E-state index is 14.2. The van der Waals surface area contributed by atoms with E-state index < -0.39 is 80.8 Å². The van der Waals surface area contributed by atoms with E-state index in [0.29, 0.717) is 19.8 Å². The summed E-state index contributed by atoms with van der Waals surface area (Å²) in [5, 5.41) is 12.8. The van der Waals surface area contributed by atoms with Crippen molar-refractivity contribution in [3.05, 3.63) is 0 Å². The quantitative estimate of drug-likeness (QED) is 0.0166. The van der Waals surface area contributed by atoms with E-state index >= 15 is 0 Å². The number of nitrogens with one attached hydrogen (secondary N) is 1. The second kappa shape index (κ2) is 22.7. The molecule has 0 fully saturated rings. The van der Waals surface area contributed by atoms with E-state index in [1.165, 1.54) is 11.8 Å². The predicted molar refractivity (Wildman–Crippen MR) is 162 cm³/mol. The highest BCUT2D eigenvalue weighted by Crippen LogP contribution is 2.45. The summed E-state index contributed by atoms with van der Waals surface area (Å²) >= 11 is 0. The molecule has 0 saturated carbocycles. The monoisotopic (exact) mass is 700 g/mol. The zero-order valence-corrected chi connectivity index (χ0v) is 28.9. The average molecular weight is 701 g/mol. The Bertz CT molecular complexity index is 977. The van der Waals surface area contributed by atoms with Gasteiger partial charge >= 0.3 is 32.7 Å². The summed E-state index contributed by atoms with van der Waals surface area (Å²) in [5.41, 5.74) is -2.62. The Labute approximate surface area is 275 Å². The lowest BCUT2D eigenvalue weighted by Crippen LogP contribution is -2.62. The van der Waals surface area contributed by atoms with E-state index in [9.17, 15) is 29.2 Å². The van der Waals surface area contributed by atoms with E-state index in [1.54, 1.807) is 34.6 Å². The minimum absolute atomic E-state index is 0.0980. The molecular formula is C26H52N6O14Si. The smallest absolute Gasteiger partial charge is 0.374 e. The molecule has 47 heavy (non-hydrogen) atoms. The molecule has 21 heteroatoms. The van der Waals surface area contributed by atoms with Crippen molar-refractivity contribution in [2.45, 2.75) is 73.1 Å². The van der Waals surface area contributed by atoms with E-state index in [0.717, 1.165) is 0 Å². The Morgan fingerprint density at radius 1 is 0.809 bits per heavy atom. The molecule has 20 nitrogen and oxygen atoms in total. The van der Waals surface area contributed by atoms with Gasteiger partial charge in [0.05, 0.1) is 18.3 Å². The highest BCUT2D eigenvalue weighted by molar-refractivity contribution is 6.60. The standard InChI is InChI=1S/C26H52N6O14Si/c1-7-26(25(37)45-30,24(36)31-14-13-15-47(39-10-4,40-11-5)41-12-6)20(23(35)44-29)19(21(46-38)32(8-2)9-3)17(22(34)43-28)16-18(33)42-27/h17,19-21,38H,7-16,27-30H2,1-6H3,(H,31,36)/t17-,19?,20+,21?,26-/m0/s1. The third kappa shape index (κ3) is 11.4. The number of hydrogen-bond donors (Lipinski definition) is 6. The molecule has 0 aliphatic rings. The van der Waals surface area contributed by atoms with Crippen LogP contribution in [0.2, 0.25) is 6.04 Å². The van der Waals surface area contributed by atoms with Crippen molar-refractivity contribution in [3.8, 4) is 0 Å². The summed E-state index contributed by atoms with van der Waals surface area (Å²) in [4.78, 5) is 90.8. The highest BCUT2D eigenvalue weighted by atomic mass is 28.4. The molecule has 0 aromatic carbocycles. The van der Waals surface area contributed by atoms with Crippen molar-refractivity contribution in [1.29, 1.82) is 0 Å². The van der Waals surface area contributed by atoms with Gasteiger partial charge in [-0.1, -0.05) is 20.8 Å². The third-order valence-corrected chi connectivity index (χ3v) is 10.9. The summed E-state index contributed by atoms with van der Waals surface area (Å²) in [6.45, 7) is 11.0. The van der Waals surface area contributed by atoms with Crippen LogP contribution in [0.15, 0.2) is 0 Å². The fourth-order valence-electron chi connectivity index (χ4n) is 5.67. The zero-order valence-electron chi connectivity index (χ0n) is 27.9. The Kier molecular flexibility index (Phi) is 21.3. The second-order valence-corrected chi connectivity index (χ2v) is 12.8. The van der Waals surface area contributed by atoms with E-state index in [2.05, 4.69) is 24.7 Å². The second-order valence-electron chi connectivity index (χ2n) is 10.0. The van der Waals surface area contributed by atoms with Gasteiger partial charge in [-0.05, 0) is 46.7 Å². The molecule has 0 aliphatic carbocycles. The van der Waals surface area contributed by atoms with E-state index in [1.807, 2.05) is 0 Å². The van der Waals surface area contributed by atoms with Crippen molar-refractivity contribution in [1.82, 2.24) is 10.2 Å². The first-order valence-electron chi connectivity index (χ1n) is 15.2. The first kappa shape index (κ1) is 44.2. The predicted octanol–water partition coefficient (Wildman–Crippen LogP) is -0.999. The molecule has 0 aliphatic heterocycles. The van der Waals surface area contributed by atoms with E-state index in [4.69, 9.17) is 41.8 Å². The van der Waals surface area contributed by atoms with Gasteiger partial charge in [-0.3, -0.25) is 29.3 Å². The topological polar surface area (TPSA) is 299 Å². The molecule has 0 bridgehead atoms. The van der Waals surface area contributed by atoms with Crippen LogP contribution in [0.3, 0.4) is 0 Å². The van der Waals surface area contributed by atoms with Gasteiger partial charge in [-0.15, -0.1) is 0 Å². The molecule has 0 aromatic heterocycles. The molecule has 274 valence electrons. The molecule has 10 N–H and O–H groups in total. The molecule has 0 radical (unpaired) electrons. The van der Waals surface area contributed by atoms with Gasteiger partial charge in [-0.25, -0.2) is 9.68 Å². The van der Waals surface area contributed by atoms with E-state index in [-0.39, 0.29) is 32.1 Å². The zero-order chi connectivity index (χ0) is 36.2. The van der Waals surface area contributed by atoms with Crippen LogP contribution >= 0.6 is 0 Å². The van der Waals surface area contributed by atoms with Gasteiger partial charge in [-0.2, -0.15) is 23.6 Å². The SMILES string of the molecule is CCO[Si](CCCNC(=O)[C@@](CC)(C(=O)ON)[C@@H](C(=O)ON)C(C(OO)N(CC)CC)[C@H](CC(=O)ON)C(=O)ON)(OCC)OCC. The largest absolute Gasteiger partial charge is 0.500 e. The molecule has 1 amide bonds. The molecule has 0 heterocycles. The average Bonchev–Trinajstić information content (AvgIpc) is 3.07. The summed E-state index contributed by atoms with van der Waals surface area (Å²) in [6, 6.07) is 0.272. The fraction of sp³-hybridized carbons (Fsp3) is 0.808. The van der Waals surface area contributed by atoms with Crippen LogP contribution in [0.4, 0.5) is 0 Å². The van der Waals surface area contributed by atoms with Gasteiger partial charge in [0.15, 0.2) is 11.6 Å². The van der Waals surface area contributed by atoms with Crippen molar-refractivity contribution in [2.75, 3.05) is 39.5 Å². The lowest BCUT2D eigenvalue weighted by Gasteiger charge is -2.44. The molecule has 2 unspecified atom stereocenters. The number of carbonyl (C=O) groups is 5. The Balaban J connectivity index is 7.32. The highest BCUT2D eigenvalue weighted by Gasteiger charge is 2.63. The first-order chi connectivity index (χ1) is 22.4. The Hall–Kier alpha value is -2.83. The number of nitrogens with zero attached hydrogens (tertiary/aromatic N) is 1. The molecular weight excluding hydrogens is 648 g/mol. The van der Waals surface area contributed by atoms with Crippen LogP contribution in [0.1, 0.15) is 60.8 Å². The van der Waals surface area contributed by atoms with Crippen LogP contribution in [-0.2, 0) is 61.5 Å². The number of rotatable bonds is 25. The minimum Gasteiger partial charge on any atom is -0.374 e. The fourth-order valence-corrected chi connectivity index (χ4v) is 8.28. The van der Waals surface area contributed by atoms with Gasteiger partial charge in [0.1, 0.15) is 0 Å². The lowest BCUT2D eigenvalue weighted by atomic mass is 9.62. The van der Waals surface area contributed by atoms with Crippen molar-refractivity contribution < 1.29 is 66.7 Å². The molecule has 5 atom stereocenters. The molecule has 0 saturated heterocycles. The van der Waals surface area contributed by atoms with Gasteiger partial charge in [0, 0.05) is 38.3 Å². The Morgan fingerprint density at radius 3 is 1.72 bits per heavy atom. The molecule has 0 aromatic rings.